The highest BCUT2D eigenvalue weighted by Crippen LogP contribution is 2.05. The summed E-state index contributed by atoms with van der Waals surface area (Å²) in [4.78, 5) is 0. The summed E-state index contributed by atoms with van der Waals surface area (Å²) in [6.45, 7) is 5.85. The van der Waals surface area contributed by atoms with Crippen LogP contribution in [0.15, 0.2) is 91.0 Å². The second kappa shape index (κ2) is 15.8. The van der Waals surface area contributed by atoms with Crippen LogP contribution in [0, 0.1) is 0 Å². The number of ether oxygens (including phenoxy) is 1. The number of aliphatic hydroxyl groups is 1. The molecule has 0 aliphatic rings. The van der Waals surface area contributed by atoms with Gasteiger partial charge in [0.2, 0.25) is 0 Å². The van der Waals surface area contributed by atoms with Gasteiger partial charge in [0.25, 0.3) is 0 Å². The van der Waals surface area contributed by atoms with Crippen LogP contribution in [0.5, 0.6) is 0 Å². The Bertz CT molecular complexity index is 625. The molecule has 0 saturated heterocycles. The van der Waals surface area contributed by atoms with E-state index in [4.69, 9.17) is 9.84 Å². The Hall–Kier alpha value is -2.42. The van der Waals surface area contributed by atoms with Gasteiger partial charge < -0.3 is 9.84 Å². The molecule has 0 spiro atoms. The summed E-state index contributed by atoms with van der Waals surface area (Å²) in [5.41, 5.74) is 3.40. The predicted octanol–water partition coefficient (Wildman–Crippen LogP) is 6.39. The maximum atomic E-state index is 8.54. The van der Waals surface area contributed by atoms with Crippen LogP contribution in [0.3, 0.4) is 0 Å². The standard InChI is InChI=1S/C14H14O.C7H8O.C4H10/c1-3-7-13(8-4-1)11-15-12-14-9-5-2-6-10-14;8-6-7-4-2-1-3-5-7;1-3-4-2/h1-10H,11-12H2;1-5,8H,6H2;3-4H2,1-2H3. The molecule has 0 radical (unpaired) electrons. The van der Waals surface area contributed by atoms with Gasteiger partial charge in [-0.15, -0.1) is 0 Å². The summed E-state index contributed by atoms with van der Waals surface area (Å²) in [7, 11) is 0. The summed E-state index contributed by atoms with van der Waals surface area (Å²) in [5.74, 6) is 0. The molecule has 0 unspecified atom stereocenters. The third kappa shape index (κ3) is 11.7. The van der Waals surface area contributed by atoms with Gasteiger partial charge in [-0.3, -0.25) is 0 Å². The Morgan fingerprint density at radius 2 is 0.889 bits per heavy atom. The van der Waals surface area contributed by atoms with Gasteiger partial charge in [-0.2, -0.15) is 0 Å². The molecule has 3 rings (SSSR count). The molecule has 0 bridgehead atoms. The number of hydrogen-bond acceptors (Lipinski definition) is 2. The lowest BCUT2D eigenvalue weighted by Gasteiger charge is -2.03. The third-order valence-electron chi connectivity index (χ3n) is 3.75. The largest absolute Gasteiger partial charge is 0.392 e. The maximum Gasteiger partial charge on any atom is 0.0721 e. The molecule has 0 fully saturated rings. The average Bonchev–Trinajstić information content (AvgIpc) is 2.76. The summed E-state index contributed by atoms with van der Waals surface area (Å²) in [6.07, 6.45) is 2.64. The van der Waals surface area contributed by atoms with Crippen LogP contribution < -0.4 is 0 Å². The van der Waals surface area contributed by atoms with Crippen molar-refractivity contribution in [3.63, 3.8) is 0 Å². The third-order valence-corrected chi connectivity index (χ3v) is 3.75. The minimum absolute atomic E-state index is 0.140. The van der Waals surface area contributed by atoms with E-state index in [-0.39, 0.29) is 6.61 Å². The topological polar surface area (TPSA) is 29.5 Å². The van der Waals surface area contributed by atoms with E-state index in [0.29, 0.717) is 13.2 Å². The first-order valence-electron chi connectivity index (χ1n) is 9.60. The molecule has 0 atom stereocenters. The highest BCUT2D eigenvalue weighted by atomic mass is 16.5. The van der Waals surface area contributed by atoms with Crippen LogP contribution in [0.1, 0.15) is 43.4 Å². The smallest absolute Gasteiger partial charge is 0.0721 e. The molecule has 27 heavy (non-hydrogen) atoms. The monoisotopic (exact) mass is 364 g/mol. The molecule has 0 aromatic heterocycles. The van der Waals surface area contributed by atoms with Gasteiger partial charge >= 0.3 is 0 Å². The zero-order valence-corrected chi connectivity index (χ0v) is 16.6. The van der Waals surface area contributed by atoms with Gasteiger partial charge in [0.1, 0.15) is 0 Å². The molecule has 3 aromatic rings. The second-order valence-electron chi connectivity index (χ2n) is 6.11. The summed E-state index contributed by atoms with van der Waals surface area (Å²) in [5, 5.41) is 8.54. The van der Waals surface area contributed by atoms with Crippen molar-refractivity contribution in [2.24, 2.45) is 0 Å². The number of unbranched alkanes of at least 4 members (excludes halogenated alkanes) is 1. The lowest BCUT2D eigenvalue weighted by molar-refractivity contribution is 0.107. The van der Waals surface area contributed by atoms with Crippen molar-refractivity contribution in [1.82, 2.24) is 0 Å². The first-order chi connectivity index (χ1) is 13.3. The van der Waals surface area contributed by atoms with E-state index in [1.54, 1.807) is 0 Å². The van der Waals surface area contributed by atoms with Gasteiger partial charge in [0.05, 0.1) is 19.8 Å². The quantitative estimate of drug-likeness (QED) is 0.549. The van der Waals surface area contributed by atoms with E-state index in [1.165, 1.54) is 24.0 Å². The van der Waals surface area contributed by atoms with Gasteiger partial charge in [0, 0.05) is 0 Å². The molecular formula is C25H32O2. The fourth-order valence-electron chi connectivity index (χ4n) is 2.02. The van der Waals surface area contributed by atoms with Crippen molar-refractivity contribution in [2.75, 3.05) is 0 Å². The Labute approximate surface area is 164 Å². The van der Waals surface area contributed by atoms with Gasteiger partial charge in [-0.05, 0) is 16.7 Å². The van der Waals surface area contributed by atoms with Crippen molar-refractivity contribution in [1.29, 1.82) is 0 Å². The number of hydrogen-bond donors (Lipinski definition) is 1. The Morgan fingerprint density at radius 3 is 1.15 bits per heavy atom. The van der Waals surface area contributed by atoms with Crippen molar-refractivity contribution < 1.29 is 9.84 Å². The number of aliphatic hydroxyl groups excluding tert-OH is 1. The van der Waals surface area contributed by atoms with E-state index in [2.05, 4.69) is 38.1 Å². The first kappa shape index (κ1) is 22.6. The minimum Gasteiger partial charge on any atom is -0.392 e. The SMILES string of the molecule is CCCC.OCc1ccccc1.c1ccc(COCc2ccccc2)cc1. The number of rotatable bonds is 6. The van der Waals surface area contributed by atoms with E-state index >= 15 is 0 Å². The van der Waals surface area contributed by atoms with Gasteiger partial charge in [-0.1, -0.05) is 118 Å². The van der Waals surface area contributed by atoms with Crippen molar-refractivity contribution in [3.05, 3.63) is 108 Å². The average molecular weight is 365 g/mol. The Balaban J connectivity index is 0.000000254. The van der Waals surface area contributed by atoms with Crippen LogP contribution >= 0.6 is 0 Å². The molecule has 0 saturated carbocycles. The first-order valence-corrected chi connectivity index (χ1v) is 9.60. The van der Waals surface area contributed by atoms with E-state index in [0.717, 1.165) is 5.56 Å². The maximum absolute atomic E-state index is 8.54. The Morgan fingerprint density at radius 1 is 0.556 bits per heavy atom. The van der Waals surface area contributed by atoms with Crippen LogP contribution in [-0.2, 0) is 24.6 Å². The van der Waals surface area contributed by atoms with E-state index in [1.807, 2.05) is 66.7 Å². The van der Waals surface area contributed by atoms with Crippen molar-refractivity contribution in [3.8, 4) is 0 Å². The summed E-state index contributed by atoms with van der Waals surface area (Å²) in [6, 6.07) is 30.0. The summed E-state index contributed by atoms with van der Waals surface area (Å²) >= 11 is 0. The molecule has 3 aromatic carbocycles. The van der Waals surface area contributed by atoms with Crippen LogP contribution in [0.4, 0.5) is 0 Å². The van der Waals surface area contributed by atoms with Crippen LogP contribution in [0.25, 0.3) is 0 Å². The molecule has 0 amide bonds. The molecular weight excluding hydrogens is 332 g/mol. The molecule has 2 heteroatoms. The summed E-state index contributed by atoms with van der Waals surface area (Å²) < 4.78 is 5.61. The van der Waals surface area contributed by atoms with Crippen molar-refractivity contribution >= 4 is 0 Å². The minimum atomic E-state index is 0.140. The van der Waals surface area contributed by atoms with Crippen LogP contribution in [0.2, 0.25) is 0 Å². The number of benzene rings is 3. The molecule has 0 heterocycles. The normalized spacial score (nSPS) is 9.44. The second-order valence-corrected chi connectivity index (χ2v) is 6.11. The zero-order valence-electron chi connectivity index (χ0n) is 16.6. The zero-order chi connectivity index (χ0) is 19.6. The fraction of sp³-hybridized carbons (Fsp3) is 0.280. The highest BCUT2D eigenvalue weighted by molar-refractivity contribution is 5.15. The molecule has 144 valence electrons. The van der Waals surface area contributed by atoms with E-state index < -0.39 is 0 Å². The van der Waals surface area contributed by atoms with Crippen LogP contribution in [-0.4, -0.2) is 5.11 Å². The lowest BCUT2D eigenvalue weighted by atomic mass is 10.2. The predicted molar refractivity (Wildman–Crippen MR) is 114 cm³/mol. The molecule has 2 nitrogen and oxygen atoms in total. The van der Waals surface area contributed by atoms with E-state index in [9.17, 15) is 0 Å². The highest BCUT2D eigenvalue weighted by Gasteiger charge is 1.93. The Kier molecular flexibility index (Phi) is 13.2. The van der Waals surface area contributed by atoms with Crippen molar-refractivity contribution in [2.45, 2.75) is 46.5 Å². The van der Waals surface area contributed by atoms with Gasteiger partial charge in [0.15, 0.2) is 0 Å². The lowest BCUT2D eigenvalue weighted by Crippen LogP contribution is -1.93. The molecule has 0 aliphatic carbocycles. The molecule has 1 N–H and O–H groups in total. The molecule has 0 aliphatic heterocycles. The fourth-order valence-corrected chi connectivity index (χ4v) is 2.02. The van der Waals surface area contributed by atoms with Gasteiger partial charge in [-0.25, -0.2) is 0 Å².